The highest BCUT2D eigenvalue weighted by atomic mass is 32.2. The van der Waals surface area contributed by atoms with Crippen molar-refractivity contribution < 1.29 is 25.9 Å². The van der Waals surface area contributed by atoms with Crippen molar-refractivity contribution in [3.05, 3.63) is 302 Å². The van der Waals surface area contributed by atoms with E-state index in [4.69, 9.17) is 0 Å². The zero-order valence-corrected chi connectivity index (χ0v) is 45.9. The monoisotopic (exact) mass is 1080 g/mol. The van der Waals surface area contributed by atoms with Crippen molar-refractivity contribution in [1.29, 1.82) is 0 Å². The van der Waals surface area contributed by atoms with Crippen LogP contribution < -0.4 is 42.4 Å². The van der Waals surface area contributed by atoms with Gasteiger partial charge in [-0.05, 0) is 169 Å². The van der Waals surface area contributed by atoms with E-state index in [1.54, 1.807) is 12.1 Å². The Kier molecular flexibility index (Phi) is 17.7. The van der Waals surface area contributed by atoms with Gasteiger partial charge in [0.2, 0.25) is 0 Å². The van der Waals surface area contributed by atoms with E-state index >= 15 is 0 Å². The van der Waals surface area contributed by atoms with Crippen LogP contribution in [0.4, 0.5) is 0 Å². The summed E-state index contributed by atoms with van der Waals surface area (Å²) in [6.45, 7) is 0. The van der Waals surface area contributed by atoms with Crippen molar-refractivity contribution in [2.75, 3.05) is 11.5 Å². The summed E-state index contributed by atoms with van der Waals surface area (Å²) in [6, 6.07) is 105. The zero-order chi connectivity index (χ0) is 53.6. The highest BCUT2D eigenvalue weighted by Gasteiger charge is 2.49. The lowest BCUT2D eigenvalue weighted by molar-refractivity contribution is 0.417. The smallest absolute Gasteiger partial charge is 0.144 e. The predicted molar refractivity (Wildman–Crippen MR) is 320 cm³/mol. The zero-order valence-electron chi connectivity index (χ0n) is 42.5. The Hall–Kier alpha value is -7.12. The molecule has 0 fully saturated rings. The molecule has 0 amide bonds. The van der Waals surface area contributed by atoms with Crippen molar-refractivity contribution in [1.82, 2.24) is 0 Å². The average molecular weight is 1090 g/mol. The van der Waals surface area contributed by atoms with E-state index < -0.39 is 51.7 Å². The summed E-state index contributed by atoms with van der Waals surface area (Å²) in [7, 11) is -12.5. The average Bonchev–Trinajstić information content (AvgIpc) is 3.79. The molecular formula is C67H58O6P2S2. The summed E-state index contributed by atoms with van der Waals surface area (Å²) in [5.74, 6) is -0.987. The molecule has 77 heavy (non-hydrogen) atoms. The van der Waals surface area contributed by atoms with Gasteiger partial charge in [-0.1, -0.05) is 170 Å². The molecule has 0 spiro atoms. The van der Waals surface area contributed by atoms with E-state index in [1.165, 1.54) is 42.4 Å². The maximum absolute atomic E-state index is 11.1. The predicted octanol–water partition coefficient (Wildman–Crippen LogP) is 10.8. The summed E-state index contributed by atoms with van der Waals surface area (Å²) in [6.07, 6.45) is 0.976. The Morgan fingerprint density at radius 1 is 0.325 bits per heavy atom. The molecule has 6 nitrogen and oxygen atoms in total. The quantitative estimate of drug-likeness (QED) is 0.0703. The maximum atomic E-state index is 11.1. The van der Waals surface area contributed by atoms with Crippen LogP contribution in [0, 0.1) is 12.1 Å². The SMILES string of the molecule is O=S(=O)([O-])CCCC1(CCCS(=O)(=O)[O-])c2c[c]ccc2-c2cc[c]cc21.c1ccc([P+](c2ccccc2)(c2ccccc2)c2ccccc2)cc1.c1ccc([P+](c2ccccc2)(c2ccccc2)c2ccccc2)cc1. The van der Waals surface area contributed by atoms with Crippen molar-refractivity contribution in [3.63, 3.8) is 0 Å². The van der Waals surface area contributed by atoms with Gasteiger partial charge in [-0.2, -0.15) is 0 Å². The van der Waals surface area contributed by atoms with Gasteiger partial charge in [0.1, 0.15) is 57.0 Å². The molecule has 0 heterocycles. The molecule has 10 aromatic rings. The first-order valence-electron chi connectivity index (χ1n) is 25.6. The summed E-state index contributed by atoms with van der Waals surface area (Å²) in [5, 5.41) is 11.1. The van der Waals surface area contributed by atoms with Gasteiger partial charge in [-0.15, -0.1) is 0 Å². The molecule has 0 bridgehead atoms. The lowest BCUT2D eigenvalue weighted by Crippen LogP contribution is -2.38. The molecule has 0 saturated carbocycles. The van der Waals surface area contributed by atoms with E-state index in [0.29, 0.717) is 12.8 Å². The van der Waals surface area contributed by atoms with Gasteiger partial charge in [0.15, 0.2) is 0 Å². The first-order valence-corrected chi connectivity index (χ1v) is 32.3. The molecule has 0 aliphatic heterocycles. The lowest BCUT2D eigenvalue weighted by Gasteiger charge is -2.33. The molecule has 0 aromatic heterocycles. The Bertz CT molecular complexity index is 3100. The van der Waals surface area contributed by atoms with Crippen LogP contribution in [0.25, 0.3) is 11.1 Å². The molecule has 384 valence electrons. The van der Waals surface area contributed by atoms with Crippen LogP contribution in [0.5, 0.6) is 0 Å². The van der Waals surface area contributed by atoms with Crippen LogP contribution in [-0.2, 0) is 25.7 Å². The summed E-state index contributed by atoms with van der Waals surface area (Å²) < 4.78 is 66.3. The Morgan fingerprint density at radius 2 is 0.532 bits per heavy atom. The van der Waals surface area contributed by atoms with Gasteiger partial charge in [-0.25, -0.2) is 16.8 Å². The number of benzene rings is 10. The lowest BCUT2D eigenvalue weighted by atomic mass is 9.71. The Morgan fingerprint density at radius 3 is 0.727 bits per heavy atom. The molecular weight excluding hydrogens is 1030 g/mol. The molecule has 2 radical (unpaired) electrons. The minimum atomic E-state index is -4.35. The Labute approximate surface area is 456 Å². The third-order valence-corrected chi connectivity index (χ3v) is 24.4. The number of rotatable bonds is 16. The van der Waals surface area contributed by atoms with Crippen LogP contribution in [-0.4, -0.2) is 37.4 Å². The van der Waals surface area contributed by atoms with E-state index in [0.717, 1.165) is 22.3 Å². The molecule has 11 rings (SSSR count). The summed E-state index contributed by atoms with van der Waals surface area (Å²) >= 11 is 0. The van der Waals surface area contributed by atoms with Gasteiger partial charge < -0.3 is 9.11 Å². The van der Waals surface area contributed by atoms with Crippen molar-refractivity contribution >= 4 is 77.2 Å². The standard InChI is InChI=1S/2C24H20P.C19H20O6S2/c2*1-5-13-21(14-6-1)25(22-15-7-2-8-16-22,23-17-9-3-10-18-23)24-19-11-4-12-20-24;20-26(21,22)13-5-11-19(12-6-14-27(23,24)25)17-9-3-1-7-15(17)16-8-2-4-10-18(16)19/h2*1-20H;1-2,7-10H,5-6,11-14H2,(H,20,21,22)(H,23,24,25)/q2*+1;/p-2. The van der Waals surface area contributed by atoms with Crippen LogP contribution in [0.1, 0.15) is 36.8 Å². The second-order valence-corrected chi connectivity index (χ2v) is 28.6. The second kappa shape index (κ2) is 24.9. The molecule has 10 heteroatoms. The highest BCUT2D eigenvalue weighted by molar-refractivity contribution is 8.02. The van der Waals surface area contributed by atoms with Crippen LogP contribution in [0.15, 0.2) is 279 Å². The van der Waals surface area contributed by atoms with Gasteiger partial charge in [-0.3, -0.25) is 0 Å². The van der Waals surface area contributed by atoms with Crippen LogP contribution >= 0.6 is 14.5 Å². The van der Waals surface area contributed by atoms with E-state index in [1.807, 2.05) is 24.3 Å². The Balaban J connectivity index is 0.000000141. The minimum absolute atomic E-state index is 0.138. The number of hydrogen-bond donors (Lipinski definition) is 0. The molecule has 0 unspecified atom stereocenters. The largest absolute Gasteiger partial charge is 0.748 e. The first-order chi connectivity index (χ1) is 37.5. The molecule has 10 aromatic carbocycles. The highest BCUT2D eigenvalue weighted by Crippen LogP contribution is 2.56. The summed E-state index contributed by atoms with van der Waals surface area (Å²) in [4.78, 5) is 0. The van der Waals surface area contributed by atoms with E-state index in [9.17, 15) is 25.9 Å². The number of hydrogen-bond acceptors (Lipinski definition) is 6. The molecule has 0 saturated heterocycles. The van der Waals surface area contributed by atoms with Gasteiger partial charge in [0.05, 0.1) is 20.2 Å². The fourth-order valence-electron chi connectivity index (χ4n) is 11.0. The van der Waals surface area contributed by atoms with E-state index in [-0.39, 0.29) is 12.8 Å². The van der Waals surface area contributed by atoms with Crippen LogP contribution in [0.3, 0.4) is 0 Å². The molecule has 1 aliphatic rings. The van der Waals surface area contributed by atoms with Crippen molar-refractivity contribution in [2.24, 2.45) is 0 Å². The molecule has 1 aliphatic carbocycles. The number of fused-ring (bicyclic) bond motifs is 3. The van der Waals surface area contributed by atoms with Gasteiger partial charge in [0, 0.05) is 16.9 Å². The molecule has 0 N–H and O–H groups in total. The topological polar surface area (TPSA) is 114 Å². The maximum Gasteiger partial charge on any atom is 0.144 e. The van der Waals surface area contributed by atoms with Gasteiger partial charge in [0.25, 0.3) is 0 Å². The van der Waals surface area contributed by atoms with Crippen molar-refractivity contribution in [3.8, 4) is 11.1 Å². The van der Waals surface area contributed by atoms with Gasteiger partial charge >= 0.3 is 0 Å². The van der Waals surface area contributed by atoms with Crippen molar-refractivity contribution in [2.45, 2.75) is 31.1 Å². The fourth-order valence-corrected chi connectivity index (χ4v) is 20.6. The normalized spacial score (nSPS) is 12.6. The second-order valence-electron chi connectivity index (χ2n) is 18.8. The molecule has 0 atom stereocenters. The first kappa shape index (κ1) is 54.7. The third kappa shape index (κ3) is 12.2. The summed E-state index contributed by atoms with van der Waals surface area (Å²) in [5.41, 5.74) is 3.08. The van der Waals surface area contributed by atoms with Crippen LogP contribution in [0.2, 0.25) is 0 Å². The van der Waals surface area contributed by atoms with E-state index in [2.05, 4.69) is 255 Å². The minimum Gasteiger partial charge on any atom is -0.748 e. The fraction of sp³-hybridized carbons (Fsp3) is 0.104. The third-order valence-electron chi connectivity index (χ3n) is 14.2.